The van der Waals surface area contributed by atoms with Gasteiger partial charge in [-0.15, -0.1) is 0 Å². The smallest absolute Gasteiger partial charge is 0.255 e. The normalized spacial score (nSPS) is 10.4. The molecule has 0 unspecified atom stereocenters. The molecular weight excluding hydrogens is 436 g/mol. The second kappa shape index (κ2) is 8.04. The van der Waals surface area contributed by atoms with Gasteiger partial charge in [0.15, 0.2) is 5.75 Å². The molecule has 3 nitrogen and oxygen atoms in total. The predicted molar refractivity (Wildman–Crippen MR) is 99.4 cm³/mol. The molecule has 0 spiro atoms. The number of benzene rings is 2. The minimum atomic E-state index is -0.271. The summed E-state index contributed by atoms with van der Waals surface area (Å²) in [5.74, 6) is 0.142. The molecule has 22 heavy (non-hydrogen) atoms. The number of carbonyl (C=O) groups excluding carboxylic acids is 1. The molecule has 2 rings (SSSR count). The number of hydrogen-bond donors (Lipinski definition) is 1. The first-order valence-electron chi connectivity index (χ1n) is 6.70. The number of amides is 1. The highest BCUT2D eigenvalue weighted by molar-refractivity contribution is 14.1. The molecule has 2 aromatic carbocycles. The molecule has 0 bridgehead atoms. The Hall–Kier alpha value is -0.980. The highest BCUT2D eigenvalue weighted by Gasteiger charge is 2.14. The van der Waals surface area contributed by atoms with Crippen molar-refractivity contribution in [3.63, 3.8) is 0 Å². The summed E-state index contributed by atoms with van der Waals surface area (Å²) in [6.07, 6.45) is 0.849. The van der Waals surface area contributed by atoms with Crippen molar-refractivity contribution < 1.29 is 9.53 Å². The highest BCUT2D eigenvalue weighted by Crippen LogP contribution is 2.34. The Balaban J connectivity index is 2.20. The Kier molecular flexibility index (Phi) is 6.35. The van der Waals surface area contributed by atoms with Crippen molar-refractivity contribution in [1.82, 2.24) is 0 Å². The summed E-state index contributed by atoms with van der Waals surface area (Å²) in [6.45, 7) is 2.51. The number of anilines is 1. The first-order chi connectivity index (χ1) is 10.5. The number of rotatable bonds is 5. The third-order valence-electron chi connectivity index (χ3n) is 2.79. The van der Waals surface area contributed by atoms with Crippen LogP contribution in [0.2, 0.25) is 10.0 Å². The van der Waals surface area contributed by atoms with Crippen LogP contribution in [0.25, 0.3) is 0 Å². The van der Waals surface area contributed by atoms with Crippen LogP contribution in [0.3, 0.4) is 0 Å². The zero-order chi connectivity index (χ0) is 16.1. The maximum Gasteiger partial charge on any atom is 0.255 e. The van der Waals surface area contributed by atoms with E-state index in [1.54, 1.807) is 12.1 Å². The molecule has 0 radical (unpaired) electrons. The van der Waals surface area contributed by atoms with Crippen molar-refractivity contribution in [2.45, 2.75) is 13.3 Å². The van der Waals surface area contributed by atoms with Gasteiger partial charge in [-0.3, -0.25) is 4.79 Å². The maximum absolute atomic E-state index is 12.3. The molecule has 1 amide bonds. The van der Waals surface area contributed by atoms with E-state index in [1.165, 1.54) is 0 Å². The lowest BCUT2D eigenvalue weighted by atomic mass is 10.2. The van der Waals surface area contributed by atoms with Gasteiger partial charge < -0.3 is 10.1 Å². The van der Waals surface area contributed by atoms with E-state index in [-0.39, 0.29) is 5.91 Å². The van der Waals surface area contributed by atoms with Gasteiger partial charge in [-0.25, -0.2) is 0 Å². The molecule has 0 aliphatic heterocycles. The van der Waals surface area contributed by atoms with Gasteiger partial charge in [0.2, 0.25) is 0 Å². The Labute approximate surface area is 153 Å². The number of nitrogens with one attached hydrogen (secondary N) is 1. The Morgan fingerprint density at radius 2 is 1.91 bits per heavy atom. The van der Waals surface area contributed by atoms with E-state index in [1.807, 2.05) is 31.2 Å². The standard InChI is InChI=1S/C16H14Cl2INO2/c1-2-6-22-15-13(17)7-10(8-14(15)18)16(21)20-12-5-3-4-11(19)9-12/h3-5,7-9H,2,6H2,1H3,(H,20,21). The molecule has 0 aliphatic carbocycles. The van der Waals surface area contributed by atoms with Crippen LogP contribution in [-0.2, 0) is 0 Å². The molecule has 0 atom stereocenters. The van der Waals surface area contributed by atoms with E-state index in [0.717, 1.165) is 15.7 Å². The molecule has 2 aromatic rings. The number of hydrogen-bond acceptors (Lipinski definition) is 2. The molecule has 1 N–H and O–H groups in total. The van der Waals surface area contributed by atoms with Gasteiger partial charge in [-0.05, 0) is 59.3 Å². The number of halogens is 3. The van der Waals surface area contributed by atoms with Crippen molar-refractivity contribution in [1.29, 1.82) is 0 Å². The Bertz CT molecular complexity index is 669. The summed E-state index contributed by atoms with van der Waals surface area (Å²) in [6, 6.07) is 10.6. The van der Waals surface area contributed by atoms with Crippen LogP contribution in [0, 0.1) is 3.57 Å². The first-order valence-corrected chi connectivity index (χ1v) is 8.53. The fraction of sp³-hybridized carbons (Fsp3) is 0.188. The second-order valence-corrected chi connectivity index (χ2v) is 6.64. The van der Waals surface area contributed by atoms with Gasteiger partial charge in [-0.1, -0.05) is 36.2 Å². The molecule has 0 aliphatic rings. The summed E-state index contributed by atoms with van der Waals surface area (Å²) < 4.78 is 6.53. The lowest BCUT2D eigenvalue weighted by molar-refractivity contribution is 0.102. The van der Waals surface area contributed by atoms with Crippen LogP contribution in [-0.4, -0.2) is 12.5 Å². The zero-order valence-electron chi connectivity index (χ0n) is 11.8. The average molecular weight is 450 g/mol. The summed E-state index contributed by atoms with van der Waals surface area (Å²) in [5.41, 5.74) is 1.10. The zero-order valence-corrected chi connectivity index (χ0v) is 15.5. The number of ether oxygens (including phenoxy) is 1. The van der Waals surface area contributed by atoms with Crippen LogP contribution >= 0.6 is 45.8 Å². The molecule has 116 valence electrons. The minimum Gasteiger partial charge on any atom is -0.490 e. The van der Waals surface area contributed by atoms with Crippen molar-refractivity contribution in [2.75, 3.05) is 11.9 Å². The predicted octanol–water partition coefficient (Wildman–Crippen LogP) is 5.64. The minimum absolute atomic E-state index is 0.271. The van der Waals surface area contributed by atoms with Crippen molar-refractivity contribution in [3.05, 3.63) is 55.6 Å². The third-order valence-corrected chi connectivity index (χ3v) is 4.03. The van der Waals surface area contributed by atoms with Gasteiger partial charge >= 0.3 is 0 Å². The summed E-state index contributed by atoms with van der Waals surface area (Å²) >= 11 is 14.5. The van der Waals surface area contributed by atoms with Crippen molar-refractivity contribution in [2.24, 2.45) is 0 Å². The van der Waals surface area contributed by atoms with Gasteiger partial charge in [-0.2, -0.15) is 0 Å². The van der Waals surface area contributed by atoms with E-state index < -0.39 is 0 Å². The molecule has 0 saturated heterocycles. The van der Waals surface area contributed by atoms with Gasteiger partial charge in [0.1, 0.15) is 0 Å². The summed E-state index contributed by atoms with van der Waals surface area (Å²) in [7, 11) is 0. The largest absolute Gasteiger partial charge is 0.490 e. The Morgan fingerprint density at radius 1 is 1.23 bits per heavy atom. The molecule has 0 saturated carbocycles. The van der Waals surface area contributed by atoms with Crippen molar-refractivity contribution in [3.8, 4) is 5.75 Å². The fourth-order valence-corrected chi connectivity index (χ4v) is 2.94. The van der Waals surface area contributed by atoms with Crippen LogP contribution < -0.4 is 10.1 Å². The molecule has 0 fully saturated rings. The Morgan fingerprint density at radius 3 is 2.50 bits per heavy atom. The maximum atomic E-state index is 12.3. The fourth-order valence-electron chi connectivity index (χ4n) is 1.80. The molecule has 0 heterocycles. The van der Waals surface area contributed by atoms with Crippen molar-refractivity contribution >= 4 is 57.4 Å². The van der Waals surface area contributed by atoms with E-state index in [9.17, 15) is 4.79 Å². The van der Waals surface area contributed by atoms with E-state index in [4.69, 9.17) is 27.9 Å². The van der Waals surface area contributed by atoms with Crippen LogP contribution in [0.4, 0.5) is 5.69 Å². The van der Waals surface area contributed by atoms with E-state index in [2.05, 4.69) is 27.9 Å². The summed E-state index contributed by atoms with van der Waals surface area (Å²) in [5, 5.41) is 3.47. The third kappa shape index (κ3) is 4.51. The quantitative estimate of drug-likeness (QED) is 0.600. The molecule has 6 heteroatoms. The lowest BCUT2D eigenvalue weighted by Gasteiger charge is -2.11. The number of carbonyl (C=O) groups is 1. The lowest BCUT2D eigenvalue weighted by Crippen LogP contribution is -2.12. The average Bonchev–Trinajstić information content (AvgIpc) is 2.46. The van der Waals surface area contributed by atoms with E-state index in [0.29, 0.717) is 28.0 Å². The SMILES string of the molecule is CCCOc1c(Cl)cc(C(=O)Nc2cccc(I)c2)cc1Cl. The summed E-state index contributed by atoms with van der Waals surface area (Å²) in [4.78, 5) is 12.3. The topological polar surface area (TPSA) is 38.3 Å². The first kappa shape index (κ1) is 17.4. The molecular formula is C16H14Cl2INO2. The van der Waals surface area contributed by atoms with E-state index >= 15 is 0 Å². The van der Waals surface area contributed by atoms with Crippen LogP contribution in [0.1, 0.15) is 23.7 Å². The van der Waals surface area contributed by atoms with Gasteiger partial charge in [0, 0.05) is 14.8 Å². The van der Waals surface area contributed by atoms with Gasteiger partial charge in [0.05, 0.1) is 16.7 Å². The highest BCUT2D eigenvalue weighted by atomic mass is 127. The van der Waals surface area contributed by atoms with Crippen LogP contribution in [0.15, 0.2) is 36.4 Å². The molecule has 0 aromatic heterocycles. The second-order valence-electron chi connectivity index (χ2n) is 4.58. The van der Waals surface area contributed by atoms with Gasteiger partial charge in [0.25, 0.3) is 5.91 Å². The van der Waals surface area contributed by atoms with Crippen LogP contribution in [0.5, 0.6) is 5.75 Å². The monoisotopic (exact) mass is 449 g/mol.